The van der Waals surface area contributed by atoms with E-state index in [-0.39, 0.29) is 0 Å². The average molecular weight is 333 g/mol. The van der Waals surface area contributed by atoms with E-state index < -0.39 is 0 Å². The maximum atomic E-state index is 5.42. The molecule has 1 aromatic carbocycles. The molecule has 4 aromatic rings. The molecule has 0 radical (unpaired) electrons. The highest BCUT2D eigenvalue weighted by Crippen LogP contribution is 2.20. The highest BCUT2D eigenvalue weighted by atomic mass is 16.5. The largest absolute Gasteiger partial charge is 0.359 e. The van der Waals surface area contributed by atoms with Gasteiger partial charge in [-0.05, 0) is 34.7 Å². The van der Waals surface area contributed by atoms with Crippen molar-refractivity contribution >= 4 is 5.95 Å². The lowest BCUT2D eigenvalue weighted by Crippen LogP contribution is -2.20. The van der Waals surface area contributed by atoms with Crippen molar-refractivity contribution in [2.24, 2.45) is 0 Å². The number of tetrazole rings is 1. The summed E-state index contributed by atoms with van der Waals surface area (Å²) >= 11 is 0. The molecular formula is C17H15N7O. The first-order valence-corrected chi connectivity index (χ1v) is 7.73. The Hall–Kier alpha value is -3.55. The van der Waals surface area contributed by atoms with Gasteiger partial charge < -0.3 is 9.42 Å². The van der Waals surface area contributed by atoms with Gasteiger partial charge in [0.2, 0.25) is 0 Å². The molecule has 25 heavy (non-hydrogen) atoms. The molecule has 8 nitrogen and oxygen atoms in total. The third-order valence-corrected chi connectivity index (χ3v) is 3.67. The zero-order valence-corrected chi connectivity index (χ0v) is 13.5. The number of anilines is 1. The summed E-state index contributed by atoms with van der Waals surface area (Å²) in [6, 6.07) is 17.3. The number of pyridine rings is 1. The first kappa shape index (κ1) is 15.0. The minimum absolute atomic E-state index is 0.479. The van der Waals surface area contributed by atoms with Gasteiger partial charge in [-0.3, -0.25) is 4.98 Å². The molecule has 4 rings (SSSR count). The normalized spacial score (nSPS) is 10.8. The van der Waals surface area contributed by atoms with Crippen LogP contribution in [0.15, 0.2) is 65.3 Å². The van der Waals surface area contributed by atoms with Crippen LogP contribution in [-0.2, 0) is 6.54 Å². The van der Waals surface area contributed by atoms with E-state index in [2.05, 4.69) is 25.7 Å². The van der Waals surface area contributed by atoms with Crippen LogP contribution in [0.4, 0.5) is 5.95 Å². The Bertz CT molecular complexity index is 949. The lowest BCUT2D eigenvalue weighted by molar-refractivity contribution is 0.384. The number of hydrogen-bond donors (Lipinski definition) is 0. The molecule has 3 aromatic heterocycles. The van der Waals surface area contributed by atoms with Crippen LogP contribution in [0.2, 0.25) is 0 Å². The van der Waals surface area contributed by atoms with Crippen LogP contribution >= 0.6 is 0 Å². The number of aromatic nitrogens is 6. The summed E-state index contributed by atoms with van der Waals surface area (Å²) in [6.07, 6.45) is 1.73. The van der Waals surface area contributed by atoms with Crippen LogP contribution in [0, 0.1) is 0 Å². The zero-order valence-electron chi connectivity index (χ0n) is 13.5. The summed E-state index contributed by atoms with van der Waals surface area (Å²) in [7, 11) is 1.90. The second-order valence-electron chi connectivity index (χ2n) is 5.48. The van der Waals surface area contributed by atoms with Gasteiger partial charge in [-0.15, -0.1) is 0 Å². The molecule has 0 aliphatic heterocycles. The summed E-state index contributed by atoms with van der Waals surface area (Å²) in [6.45, 7) is 0.479. The fourth-order valence-electron chi connectivity index (χ4n) is 2.48. The third kappa shape index (κ3) is 3.09. The fourth-order valence-corrected chi connectivity index (χ4v) is 2.48. The summed E-state index contributed by atoms with van der Waals surface area (Å²) in [4.78, 5) is 6.17. The van der Waals surface area contributed by atoms with Crippen molar-refractivity contribution in [1.82, 2.24) is 30.3 Å². The Labute approximate surface area is 143 Å². The number of nitrogens with zero attached hydrogens (tertiary/aromatic N) is 7. The Kier molecular flexibility index (Phi) is 3.91. The average Bonchev–Trinajstić information content (AvgIpc) is 3.33. The maximum Gasteiger partial charge on any atom is 0.250 e. The lowest BCUT2D eigenvalue weighted by Gasteiger charge is -2.15. The second-order valence-corrected chi connectivity index (χ2v) is 5.48. The van der Waals surface area contributed by atoms with Gasteiger partial charge in [-0.2, -0.15) is 4.68 Å². The van der Waals surface area contributed by atoms with Gasteiger partial charge in [0.05, 0.1) is 17.9 Å². The predicted molar refractivity (Wildman–Crippen MR) is 91.0 cm³/mol. The van der Waals surface area contributed by atoms with Crippen LogP contribution in [-0.4, -0.2) is 37.4 Å². The number of rotatable bonds is 5. The SMILES string of the molecule is CN(Cc1cc(-c2ccccn2)no1)c1nnnn1-c1ccccc1. The molecule has 0 unspecified atom stereocenters. The van der Waals surface area contributed by atoms with Crippen molar-refractivity contribution in [1.29, 1.82) is 0 Å². The van der Waals surface area contributed by atoms with Crippen molar-refractivity contribution in [2.75, 3.05) is 11.9 Å². The minimum atomic E-state index is 0.479. The van der Waals surface area contributed by atoms with Crippen molar-refractivity contribution in [3.05, 3.63) is 66.6 Å². The molecule has 0 spiro atoms. The molecule has 0 saturated carbocycles. The molecule has 0 bridgehead atoms. The van der Waals surface area contributed by atoms with Gasteiger partial charge >= 0.3 is 0 Å². The molecule has 0 amide bonds. The number of hydrogen-bond acceptors (Lipinski definition) is 7. The smallest absolute Gasteiger partial charge is 0.250 e. The van der Waals surface area contributed by atoms with Crippen LogP contribution in [0.1, 0.15) is 5.76 Å². The number of benzene rings is 1. The van der Waals surface area contributed by atoms with Crippen LogP contribution in [0.5, 0.6) is 0 Å². The first-order valence-electron chi connectivity index (χ1n) is 7.73. The molecule has 0 aliphatic carbocycles. The topological polar surface area (TPSA) is 85.8 Å². The predicted octanol–water partition coefficient (Wildman–Crippen LogP) is 2.35. The standard InChI is InChI=1S/C17H15N7O/c1-23(17-19-21-22-24(17)13-7-3-2-4-8-13)12-14-11-16(20-25-14)15-9-5-6-10-18-15/h2-11H,12H2,1H3. The van der Waals surface area contributed by atoms with E-state index in [9.17, 15) is 0 Å². The molecule has 3 heterocycles. The van der Waals surface area contributed by atoms with E-state index in [0.29, 0.717) is 23.9 Å². The number of para-hydroxylation sites is 1. The van der Waals surface area contributed by atoms with Gasteiger partial charge in [-0.1, -0.05) is 34.5 Å². The minimum Gasteiger partial charge on any atom is -0.359 e. The quantitative estimate of drug-likeness (QED) is 0.554. The van der Waals surface area contributed by atoms with Crippen LogP contribution < -0.4 is 4.90 Å². The molecular weight excluding hydrogens is 318 g/mol. The highest BCUT2D eigenvalue weighted by Gasteiger charge is 2.16. The monoisotopic (exact) mass is 333 g/mol. The molecule has 0 aliphatic rings. The molecule has 0 atom stereocenters. The van der Waals surface area contributed by atoms with Gasteiger partial charge in [0, 0.05) is 19.3 Å². The van der Waals surface area contributed by atoms with Crippen molar-refractivity contribution in [3.8, 4) is 17.1 Å². The first-order chi connectivity index (χ1) is 12.3. The Morgan fingerprint density at radius 3 is 2.68 bits per heavy atom. The fraction of sp³-hybridized carbons (Fsp3) is 0.118. The van der Waals surface area contributed by atoms with E-state index in [0.717, 1.165) is 11.4 Å². The molecule has 0 N–H and O–H groups in total. The van der Waals surface area contributed by atoms with E-state index in [1.165, 1.54) is 0 Å². The molecule has 8 heteroatoms. The van der Waals surface area contributed by atoms with Crippen molar-refractivity contribution in [2.45, 2.75) is 6.54 Å². The lowest BCUT2D eigenvalue weighted by atomic mass is 10.2. The van der Waals surface area contributed by atoms with Gasteiger partial charge in [0.25, 0.3) is 5.95 Å². The van der Waals surface area contributed by atoms with E-state index in [1.54, 1.807) is 10.9 Å². The van der Waals surface area contributed by atoms with E-state index in [4.69, 9.17) is 4.52 Å². The Morgan fingerprint density at radius 1 is 1.04 bits per heavy atom. The van der Waals surface area contributed by atoms with Crippen molar-refractivity contribution < 1.29 is 4.52 Å². The third-order valence-electron chi connectivity index (χ3n) is 3.67. The van der Waals surface area contributed by atoms with Gasteiger partial charge in [-0.25, -0.2) is 0 Å². The van der Waals surface area contributed by atoms with Gasteiger partial charge in [0.15, 0.2) is 5.76 Å². The van der Waals surface area contributed by atoms with Crippen LogP contribution in [0.3, 0.4) is 0 Å². The zero-order chi connectivity index (χ0) is 17.1. The molecule has 0 saturated heterocycles. The van der Waals surface area contributed by atoms with E-state index in [1.807, 2.05) is 66.5 Å². The summed E-state index contributed by atoms with van der Waals surface area (Å²) in [5, 5.41) is 16.0. The summed E-state index contributed by atoms with van der Waals surface area (Å²) in [5.41, 5.74) is 2.36. The van der Waals surface area contributed by atoms with E-state index >= 15 is 0 Å². The summed E-state index contributed by atoms with van der Waals surface area (Å²) < 4.78 is 7.10. The van der Waals surface area contributed by atoms with Crippen molar-refractivity contribution in [3.63, 3.8) is 0 Å². The molecule has 0 fully saturated rings. The molecule has 124 valence electrons. The Morgan fingerprint density at radius 2 is 1.88 bits per heavy atom. The Balaban J connectivity index is 1.55. The summed E-state index contributed by atoms with van der Waals surface area (Å²) in [5.74, 6) is 1.31. The maximum absolute atomic E-state index is 5.42. The second kappa shape index (κ2) is 6.52. The van der Waals surface area contributed by atoms with Gasteiger partial charge in [0.1, 0.15) is 5.69 Å². The van der Waals surface area contributed by atoms with Crippen LogP contribution in [0.25, 0.3) is 17.1 Å². The highest BCUT2D eigenvalue weighted by molar-refractivity contribution is 5.53.